The smallest absolute Gasteiger partial charge is 0.242 e. The van der Waals surface area contributed by atoms with Crippen LogP contribution in [0.1, 0.15) is 44.2 Å². The molecule has 1 aromatic rings. The molecule has 1 aliphatic carbocycles. The lowest BCUT2D eigenvalue weighted by Gasteiger charge is -2.33. The van der Waals surface area contributed by atoms with Gasteiger partial charge in [-0.25, -0.2) is 20.0 Å². The molecule has 1 N–H and O–H groups in total. The van der Waals surface area contributed by atoms with E-state index in [1.54, 1.807) is 24.3 Å². The van der Waals surface area contributed by atoms with Gasteiger partial charge in [-0.2, -0.15) is 0 Å². The summed E-state index contributed by atoms with van der Waals surface area (Å²) >= 11 is 0. The lowest BCUT2D eigenvalue weighted by molar-refractivity contribution is -0.164. The SMILES string of the molecule is CN1CC[C@@H](C(=O)Cc2ccncn2)N1C(=O)[C@H](CC1CCCC1)CN(O)C=O. The number of carbonyl (C=O) groups is 3. The molecule has 3 rings (SSSR count). The maximum absolute atomic E-state index is 13.4. The van der Waals surface area contributed by atoms with Gasteiger partial charge in [0.2, 0.25) is 12.3 Å². The van der Waals surface area contributed by atoms with Crippen LogP contribution < -0.4 is 0 Å². The molecule has 2 atom stereocenters. The number of amides is 2. The van der Waals surface area contributed by atoms with Crippen LogP contribution in [-0.2, 0) is 20.8 Å². The first kappa shape index (κ1) is 21.3. The molecule has 2 heterocycles. The Hall–Kier alpha value is -2.39. The predicted molar refractivity (Wildman–Crippen MR) is 103 cm³/mol. The van der Waals surface area contributed by atoms with E-state index in [1.165, 1.54) is 11.3 Å². The van der Waals surface area contributed by atoms with Crippen molar-refractivity contribution in [3.05, 3.63) is 24.3 Å². The van der Waals surface area contributed by atoms with Gasteiger partial charge in [0.25, 0.3) is 0 Å². The van der Waals surface area contributed by atoms with Crippen molar-refractivity contribution >= 4 is 18.1 Å². The van der Waals surface area contributed by atoms with Crippen molar-refractivity contribution in [2.75, 3.05) is 20.1 Å². The van der Waals surface area contributed by atoms with Crippen LogP contribution in [-0.4, -0.2) is 74.5 Å². The van der Waals surface area contributed by atoms with Crippen LogP contribution in [0.2, 0.25) is 0 Å². The van der Waals surface area contributed by atoms with Gasteiger partial charge in [0.1, 0.15) is 12.4 Å². The molecule has 0 unspecified atom stereocenters. The lowest BCUT2D eigenvalue weighted by atomic mass is 9.91. The Balaban J connectivity index is 1.74. The molecule has 2 fully saturated rings. The first-order valence-electron chi connectivity index (χ1n) is 10.2. The molecule has 9 nitrogen and oxygen atoms in total. The van der Waals surface area contributed by atoms with Crippen molar-refractivity contribution in [2.24, 2.45) is 11.8 Å². The molecule has 2 aliphatic rings. The number of aromatic nitrogens is 2. The van der Waals surface area contributed by atoms with Gasteiger partial charge in [-0.3, -0.25) is 24.6 Å². The van der Waals surface area contributed by atoms with Crippen LogP contribution in [0.5, 0.6) is 0 Å². The van der Waals surface area contributed by atoms with E-state index < -0.39 is 12.0 Å². The van der Waals surface area contributed by atoms with E-state index in [-0.39, 0.29) is 24.7 Å². The highest BCUT2D eigenvalue weighted by atomic mass is 16.5. The standard InChI is InChI=1S/C20H29N5O4/c1-23-9-7-18(19(27)11-17-6-8-21-13-22-17)25(23)20(28)16(12-24(29)14-26)10-15-4-2-3-5-15/h6,8,13-16,18,29H,2-5,7,9-12H2,1H3/t16-,18+/m1/s1. The van der Waals surface area contributed by atoms with Crippen LogP contribution in [0.15, 0.2) is 18.6 Å². The van der Waals surface area contributed by atoms with Gasteiger partial charge >= 0.3 is 0 Å². The van der Waals surface area contributed by atoms with Crippen molar-refractivity contribution in [1.29, 1.82) is 0 Å². The third-order valence-electron chi connectivity index (χ3n) is 5.96. The molecule has 0 radical (unpaired) electrons. The average Bonchev–Trinajstić information content (AvgIpc) is 3.37. The van der Waals surface area contributed by atoms with Crippen molar-refractivity contribution in [1.82, 2.24) is 25.0 Å². The van der Waals surface area contributed by atoms with Gasteiger partial charge in [-0.15, -0.1) is 0 Å². The van der Waals surface area contributed by atoms with E-state index in [0.717, 1.165) is 25.7 Å². The van der Waals surface area contributed by atoms with Gasteiger partial charge in [0.05, 0.1) is 24.6 Å². The molecule has 0 aromatic carbocycles. The molecule has 1 saturated carbocycles. The molecule has 1 aliphatic heterocycles. The Bertz CT molecular complexity index is 710. The molecule has 0 bridgehead atoms. The number of rotatable bonds is 9. The van der Waals surface area contributed by atoms with E-state index in [2.05, 4.69) is 9.97 Å². The van der Waals surface area contributed by atoms with E-state index in [1.807, 2.05) is 0 Å². The third-order valence-corrected chi connectivity index (χ3v) is 5.96. The second-order valence-corrected chi connectivity index (χ2v) is 8.02. The van der Waals surface area contributed by atoms with Gasteiger partial charge in [-0.05, 0) is 24.8 Å². The summed E-state index contributed by atoms with van der Waals surface area (Å²) in [5, 5.41) is 13.6. The fourth-order valence-corrected chi connectivity index (χ4v) is 4.47. The number of nitrogens with zero attached hydrogens (tertiary/aromatic N) is 5. The third kappa shape index (κ3) is 5.36. The van der Waals surface area contributed by atoms with E-state index >= 15 is 0 Å². The summed E-state index contributed by atoms with van der Waals surface area (Å²) in [6, 6.07) is 1.14. The van der Waals surface area contributed by atoms with Crippen molar-refractivity contribution in [3.63, 3.8) is 0 Å². The zero-order chi connectivity index (χ0) is 20.8. The molecule has 2 amide bonds. The monoisotopic (exact) mass is 403 g/mol. The predicted octanol–water partition coefficient (Wildman–Crippen LogP) is 1.08. The molecular formula is C20H29N5O4. The zero-order valence-electron chi connectivity index (χ0n) is 16.8. The molecule has 158 valence electrons. The number of hydrogen-bond donors (Lipinski definition) is 1. The minimum absolute atomic E-state index is 0.0595. The Kier molecular flexibility index (Phi) is 7.27. The van der Waals surface area contributed by atoms with Gasteiger partial charge in [0.15, 0.2) is 5.78 Å². The number of hydroxylamine groups is 2. The summed E-state index contributed by atoms with van der Waals surface area (Å²) in [5.74, 6) is -0.411. The van der Waals surface area contributed by atoms with Crippen molar-refractivity contribution in [2.45, 2.75) is 51.0 Å². The van der Waals surface area contributed by atoms with E-state index in [0.29, 0.717) is 42.5 Å². The highest BCUT2D eigenvalue weighted by molar-refractivity contribution is 5.91. The van der Waals surface area contributed by atoms with Crippen molar-refractivity contribution < 1.29 is 19.6 Å². The number of carbonyl (C=O) groups excluding carboxylic acids is 3. The maximum atomic E-state index is 13.4. The highest BCUT2D eigenvalue weighted by Gasteiger charge is 2.41. The number of hydrazine groups is 1. The molecule has 1 saturated heterocycles. The number of hydrogen-bond acceptors (Lipinski definition) is 7. The summed E-state index contributed by atoms with van der Waals surface area (Å²) in [6.45, 7) is 0.536. The summed E-state index contributed by atoms with van der Waals surface area (Å²) < 4.78 is 0. The van der Waals surface area contributed by atoms with E-state index in [4.69, 9.17) is 0 Å². The summed E-state index contributed by atoms with van der Waals surface area (Å²) in [4.78, 5) is 45.2. The van der Waals surface area contributed by atoms with Gasteiger partial charge in [0, 0.05) is 19.8 Å². The van der Waals surface area contributed by atoms with Gasteiger partial charge < -0.3 is 0 Å². The minimum Gasteiger partial charge on any atom is -0.297 e. The van der Waals surface area contributed by atoms with Crippen molar-refractivity contribution in [3.8, 4) is 0 Å². The Morgan fingerprint density at radius 3 is 2.76 bits per heavy atom. The average molecular weight is 403 g/mol. The van der Waals surface area contributed by atoms with Crippen LogP contribution in [0, 0.1) is 11.8 Å². The number of ketones is 1. The van der Waals surface area contributed by atoms with E-state index in [9.17, 15) is 19.6 Å². The number of Topliss-reactive ketones (excluding diaryl/α,β-unsaturated/α-hetero) is 1. The van der Waals surface area contributed by atoms with Crippen LogP contribution >= 0.6 is 0 Å². The first-order chi connectivity index (χ1) is 14.0. The molecular weight excluding hydrogens is 374 g/mol. The Morgan fingerprint density at radius 1 is 1.34 bits per heavy atom. The zero-order valence-corrected chi connectivity index (χ0v) is 16.8. The molecule has 0 spiro atoms. The Morgan fingerprint density at radius 2 is 2.10 bits per heavy atom. The summed E-state index contributed by atoms with van der Waals surface area (Å²) in [7, 11) is 1.79. The van der Waals surface area contributed by atoms with Crippen LogP contribution in [0.3, 0.4) is 0 Å². The van der Waals surface area contributed by atoms with Crippen LogP contribution in [0.25, 0.3) is 0 Å². The van der Waals surface area contributed by atoms with Crippen LogP contribution in [0.4, 0.5) is 0 Å². The molecule has 29 heavy (non-hydrogen) atoms. The normalized spacial score (nSPS) is 21.3. The first-order valence-corrected chi connectivity index (χ1v) is 10.2. The second kappa shape index (κ2) is 9.89. The fraction of sp³-hybridized carbons (Fsp3) is 0.650. The fourth-order valence-electron chi connectivity index (χ4n) is 4.47. The topological polar surface area (TPSA) is 107 Å². The summed E-state index contributed by atoms with van der Waals surface area (Å²) in [6.07, 6.45) is 9.02. The Labute approximate surface area is 170 Å². The van der Waals surface area contributed by atoms with Gasteiger partial charge in [-0.1, -0.05) is 25.7 Å². The molecule has 1 aromatic heterocycles. The molecule has 9 heteroatoms. The quantitative estimate of drug-likeness (QED) is 0.373. The largest absolute Gasteiger partial charge is 0.297 e. The highest BCUT2D eigenvalue weighted by Crippen LogP contribution is 2.32. The maximum Gasteiger partial charge on any atom is 0.242 e. The minimum atomic E-state index is -0.558. The second-order valence-electron chi connectivity index (χ2n) is 8.02. The summed E-state index contributed by atoms with van der Waals surface area (Å²) in [5.41, 5.74) is 0.622. The lowest BCUT2D eigenvalue weighted by Crippen LogP contribution is -2.51.